The molecule has 0 amide bonds. The fourth-order valence-electron chi connectivity index (χ4n) is 3.29. The van der Waals surface area contributed by atoms with E-state index in [1.54, 1.807) is 18.3 Å². The summed E-state index contributed by atoms with van der Waals surface area (Å²) in [5.41, 5.74) is 7.35. The third-order valence-electron chi connectivity index (χ3n) is 5.62. The highest BCUT2D eigenvalue weighted by Crippen LogP contribution is 2.42. The van der Waals surface area contributed by atoms with Gasteiger partial charge in [0, 0.05) is 25.4 Å². The van der Waals surface area contributed by atoms with Crippen LogP contribution in [0, 0.1) is 5.92 Å². The molecule has 0 atom stereocenters. The first-order valence-electron chi connectivity index (χ1n) is 10.7. The predicted octanol–water partition coefficient (Wildman–Crippen LogP) is 3.95. The molecule has 0 unspecified atom stereocenters. The monoisotopic (exact) mass is 438 g/mol. The number of hydrogen-bond donors (Lipinski definition) is 3. The average Bonchev–Trinajstić information content (AvgIpc) is 3.70. The molecular formula is C22H24F2N8. The molecule has 0 radical (unpaired) electrons. The Hall–Kier alpha value is -3.27. The fourth-order valence-corrected chi connectivity index (χ4v) is 3.29. The van der Waals surface area contributed by atoms with Crippen molar-refractivity contribution in [2.75, 3.05) is 17.2 Å². The number of nitrogens with two attached hydrogens (primary N) is 1. The van der Waals surface area contributed by atoms with Gasteiger partial charge in [-0.3, -0.25) is 4.98 Å². The lowest BCUT2D eigenvalue weighted by Crippen LogP contribution is -2.20. The molecule has 0 aromatic carbocycles. The van der Waals surface area contributed by atoms with Gasteiger partial charge in [0.1, 0.15) is 11.4 Å². The summed E-state index contributed by atoms with van der Waals surface area (Å²) >= 11 is 0. The molecule has 166 valence electrons. The molecule has 2 aliphatic carbocycles. The summed E-state index contributed by atoms with van der Waals surface area (Å²) in [4.78, 5) is 21.8. The zero-order valence-corrected chi connectivity index (χ0v) is 17.6. The Morgan fingerprint density at radius 1 is 1.09 bits per heavy atom. The number of halogens is 2. The van der Waals surface area contributed by atoms with Gasteiger partial charge in [0.25, 0.3) is 5.92 Å². The molecule has 2 saturated carbocycles. The van der Waals surface area contributed by atoms with Crippen LogP contribution < -0.4 is 16.4 Å². The van der Waals surface area contributed by atoms with E-state index >= 15 is 0 Å². The summed E-state index contributed by atoms with van der Waals surface area (Å²) < 4.78 is 27.6. The highest BCUT2D eigenvalue weighted by atomic mass is 19.3. The molecule has 0 saturated heterocycles. The van der Waals surface area contributed by atoms with Crippen LogP contribution in [0.2, 0.25) is 0 Å². The fraction of sp³-hybridized carbons (Fsp3) is 0.409. The van der Waals surface area contributed by atoms with Crippen LogP contribution in [0.5, 0.6) is 0 Å². The van der Waals surface area contributed by atoms with Gasteiger partial charge < -0.3 is 16.4 Å². The van der Waals surface area contributed by atoms with Crippen molar-refractivity contribution >= 4 is 17.6 Å². The van der Waals surface area contributed by atoms with Gasteiger partial charge in [-0.15, -0.1) is 0 Å². The lowest BCUT2D eigenvalue weighted by Gasteiger charge is -2.13. The first-order chi connectivity index (χ1) is 15.3. The maximum atomic E-state index is 13.8. The predicted molar refractivity (Wildman–Crippen MR) is 116 cm³/mol. The van der Waals surface area contributed by atoms with Crippen LogP contribution in [0.4, 0.5) is 26.4 Å². The van der Waals surface area contributed by atoms with Gasteiger partial charge in [-0.25, -0.2) is 4.98 Å². The van der Waals surface area contributed by atoms with Crippen LogP contribution in [-0.4, -0.2) is 31.5 Å². The molecule has 3 aromatic heterocycles. The number of alkyl halides is 2. The van der Waals surface area contributed by atoms with Crippen molar-refractivity contribution in [1.29, 1.82) is 0 Å². The van der Waals surface area contributed by atoms with Crippen molar-refractivity contribution in [3.63, 3.8) is 0 Å². The maximum Gasteiger partial charge on any atom is 0.286 e. The highest BCUT2D eigenvalue weighted by Gasteiger charge is 2.41. The minimum atomic E-state index is -3.06. The number of anilines is 3. The number of pyridine rings is 2. The Morgan fingerprint density at radius 3 is 2.59 bits per heavy atom. The number of hydrogen-bond acceptors (Lipinski definition) is 8. The van der Waals surface area contributed by atoms with Crippen LogP contribution in [-0.2, 0) is 11.5 Å². The summed E-state index contributed by atoms with van der Waals surface area (Å²) in [6, 6.07) is 8.09. The van der Waals surface area contributed by atoms with Gasteiger partial charge in [-0.1, -0.05) is 6.07 Å². The number of rotatable bonds is 8. The first-order valence-corrected chi connectivity index (χ1v) is 10.7. The summed E-state index contributed by atoms with van der Waals surface area (Å²) in [5, 5.41) is 6.39. The second kappa shape index (κ2) is 7.70. The van der Waals surface area contributed by atoms with E-state index in [4.69, 9.17) is 5.73 Å². The summed E-state index contributed by atoms with van der Waals surface area (Å²) in [6.45, 7) is 1.56. The Morgan fingerprint density at radius 2 is 1.88 bits per heavy atom. The third kappa shape index (κ3) is 4.64. The van der Waals surface area contributed by atoms with Crippen LogP contribution in [0.3, 0.4) is 0 Å². The molecule has 0 spiro atoms. The highest BCUT2D eigenvalue weighted by molar-refractivity contribution is 5.59. The number of nitrogens with zero attached hydrogens (tertiary/aromatic N) is 5. The van der Waals surface area contributed by atoms with Crippen LogP contribution >= 0.6 is 0 Å². The molecule has 3 aromatic rings. The standard InChI is InChI=1S/C22H24F2N8/c1-21(23,24)16-4-2-3-15(29-16)18-30-19(27-12-13-5-6-13)32-20(31-18)28-14-7-10-26-17(11-14)22(25)8-9-22/h2-4,7,10-11,13H,5-6,8-9,12,25H2,1H3,(H2,26,27,28,30,31,32). The van der Waals surface area contributed by atoms with Crippen molar-refractivity contribution in [1.82, 2.24) is 24.9 Å². The van der Waals surface area contributed by atoms with Gasteiger partial charge in [-0.2, -0.15) is 23.7 Å². The largest absolute Gasteiger partial charge is 0.354 e. The van der Waals surface area contributed by atoms with E-state index < -0.39 is 5.92 Å². The zero-order chi connectivity index (χ0) is 22.3. The molecule has 10 heteroatoms. The molecule has 0 bridgehead atoms. The summed E-state index contributed by atoms with van der Waals surface area (Å²) in [7, 11) is 0. The molecule has 5 rings (SSSR count). The van der Waals surface area contributed by atoms with E-state index in [0.29, 0.717) is 11.9 Å². The van der Waals surface area contributed by atoms with Crippen molar-refractivity contribution in [3.05, 3.63) is 47.9 Å². The van der Waals surface area contributed by atoms with Crippen LogP contribution in [0.1, 0.15) is 44.0 Å². The van der Waals surface area contributed by atoms with Crippen molar-refractivity contribution in [3.8, 4) is 11.5 Å². The van der Waals surface area contributed by atoms with Gasteiger partial charge in [0.05, 0.1) is 11.2 Å². The van der Waals surface area contributed by atoms with Gasteiger partial charge in [0.2, 0.25) is 11.9 Å². The number of aromatic nitrogens is 5. The van der Waals surface area contributed by atoms with Crippen LogP contribution in [0.15, 0.2) is 36.5 Å². The van der Waals surface area contributed by atoms with E-state index in [-0.39, 0.29) is 28.7 Å². The molecule has 4 N–H and O–H groups in total. The smallest absolute Gasteiger partial charge is 0.286 e. The number of nitrogens with one attached hydrogen (secondary N) is 2. The Labute approximate surface area is 184 Å². The van der Waals surface area contributed by atoms with E-state index in [0.717, 1.165) is 37.7 Å². The van der Waals surface area contributed by atoms with Crippen molar-refractivity contribution in [2.24, 2.45) is 11.7 Å². The Bertz CT molecular complexity index is 1140. The molecule has 2 aliphatic rings. The van der Waals surface area contributed by atoms with E-state index in [1.165, 1.54) is 25.0 Å². The molecule has 32 heavy (non-hydrogen) atoms. The second-order valence-electron chi connectivity index (χ2n) is 8.64. The third-order valence-corrected chi connectivity index (χ3v) is 5.62. The van der Waals surface area contributed by atoms with Gasteiger partial charge >= 0.3 is 0 Å². The maximum absolute atomic E-state index is 13.8. The molecule has 2 fully saturated rings. The lowest BCUT2D eigenvalue weighted by molar-refractivity contribution is 0.0129. The topological polar surface area (TPSA) is 115 Å². The summed E-state index contributed by atoms with van der Waals surface area (Å²) in [6.07, 6.45) is 5.84. The lowest BCUT2D eigenvalue weighted by atomic mass is 10.1. The van der Waals surface area contributed by atoms with Crippen molar-refractivity contribution in [2.45, 2.75) is 44.1 Å². The SMILES string of the molecule is CC(F)(F)c1cccc(-c2nc(NCC3CC3)nc(Nc3ccnc(C4(N)CC4)c3)n2)n1. The Balaban J connectivity index is 1.47. The van der Waals surface area contributed by atoms with Crippen molar-refractivity contribution < 1.29 is 8.78 Å². The molecule has 8 nitrogen and oxygen atoms in total. The first kappa shape index (κ1) is 20.6. The quantitative estimate of drug-likeness (QED) is 0.484. The van der Waals surface area contributed by atoms with Gasteiger partial charge in [0.15, 0.2) is 5.82 Å². The molecule has 3 heterocycles. The van der Waals surface area contributed by atoms with E-state index in [1.807, 2.05) is 6.07 Å². The summed E-state index contributed by atoms with van der Waals surface area (Å²) in [5.74, 6) is -1.60. The average molecular weight is 438 g/mol. The zero-order valence-electron chi connectivity index (χ0n) is 17.6. The minimum absolute atomic E-state index is 0.207. The molecular weight excluding hydrogens is 414 g/mol. The second-order valence-corrected chi connectivity index (χ2v) is 8.64. The van der Waals surface area contributed by atoms with E-state index in [9.17, 15) is 8.78 Å². The molecule has 0 aliphatic heterocycles. The Kier molecular flexibility index (Phi) is 4.96. The minimum Gasteiger partial charge on any atom is -0.354 e. The normalized spacial score (nSPS) is 17.1. The van der Waals surface area contributed by atoms with Gasteiger partial charge in [-0.05, 0) is 55.9 Å². The van der Waals surface area contributed by atoms with Crippen LogP contribution in [0.25, 0.3) is 11.5 Å². The van der Waals surface area contributed by atoms with E-state index in [2.05, 4.69) is 35.6 Å².